The van der Waals surface area contributed by atoms with Crippen LogP contribution < -0.4 is 5.32 Å². The van der Waals surface area contributed by atoms with Crippen LogP contribution in [0.3, 0.4) is 0 Å². The minimum absolute atomic E-state index is 0.199. The van der Waals surface area contributed by atoms with Crippen molar-refractivity contribution in [1.82, 2.24) is 5.32 Å². The van der Waals surface area contributed by atoms with E-state index in [1.54, 1.807) is 32.1 Å². The second-order valence-electron chi connectivity index (χ2n) is 5.62. The lowest BCUT2D eigenvalue weighted by Gasteiger charge is -2.20. The first-order valence-electron chi connectivity index (χ1n) is 6.19. The molecule has 0 aliphatic carbocycles. The van der Waals surface area contributed by atoms with Crippen LogP contribution in [0.25, 0.3) is 0 Å². The lowest BCUT2D eigenvalue weighted by Crippen LogP contribution is -2.37. The maximum absolute atomic E-state index is 11.9. The van der Waals surface area contributed by atoms with E-state index < -0.39 is 14.6 Å². The molecule has 1 N–H and O–H groups in total. The van der Waals surface area contributed by atoms with Gasteiger partial charge in [0.25, 0.3) is 0 Å². The van der Waals surface area contributed by atoms with Gasteiger partial charge in [0, 0.05) is 12.6 Å². The predicted octanol–water partition coefficient (Wildman–Crippen LogP) is 2.48. The van der Waals surface area contributed by atoms with Crippen LogP contribution in [0.1, 0.15) is 33.3 Å². The zero-order chi connectivity index (χ0) is 13.8. The van der Waals surface area contributed by atoms with E-state index in [1.165, 1.54) is 5.56 Å². The Labute approximate surface area is 115 Å². The summed E-state index contributed by atoms with van der Waals surface area (Å²) in [5.74, 6) is 0.199. The molecule has 1 heterocycles. The highest BCUT2D eigenvalue weighted by molar-refractivity contribution is 7.92. The van der Waals surface area contributed by atoms with Crippen molar-refractivity contribution in [2.75, 3.05) is 12.3 Å². The van der Waals surface area contributed by atoms with Crippen molar-refractivity contribution in [3.8, 4) is 0 Å². The number of hydrogen-bond donors (Lipinski definition) is 1. The second kappa shape index (κ2) is 6.17. The first kappa shape index (κ1) is 15.7. The summed E-state index contributed by atoms with van der Waals surface area (Å²) in [6, 6.07) is 2.41. The fourth-order valence-corrected chi connectivity index (χ4v) is 3.26. The van der Waals surface area contributed by atoms with Crippen molar-refractivity contribution in [1.29, 1.82) is 0 Å². The monoisotopic (exact) mass is 289 g/mol. The van der Waals surface area contributed by atoms with Gasteiger partial charge in [-0.2, -0.15) is 11.3 Å². The molecule has 1 unspecified atom stereocenters. The van der Waals surface area contributed by atoms with Crippen molar-refractivity contribution < 1.29 is 8.42 Å². The molecule has 1 rings (SSSR count). The minimum Gasteiger partial charge on any atom is -0.313 e. The lowest BCUT2D eigenvalue weighted by molar-refractivity contribution is 0.538. The van der Waals surface area contributed by atoms with Gasteiger partial charge < -0.3 is 5.32 Å². The molecule has 104 valence electrons. The molecule has 0 bridgehead atoms. The van der Waals surface area contributed by atoms with Gasteiger partial charge in [-0.15, -0.1) is 0 Å². The van der Waals surface area contributed by atoms with Crippen molar-refractivity contribution in [3.63, 3.8) is 0 Å². The van der Waals surface area contributed by atoms with Crippen LogP contribution in [0, 0.1) is 0 Å². The van der Waals surface area contributed by atoms with Crippen LogP contribution in [-0.2, 0) is 16.3 Å². The third kappa shape index (κ3) is 4.71. The highest BCUT2D eigenvalue weighted by atomic mass is 32.2. The molecule has 1 atom stereocenters. The Bertz CT molecular complexity index is 444. The highest BCUT2D eigenvalue weighted by Gasteiger charge is 2.28. The summed E-state index contributed by atoms with van der Waals surface area (Å²) in [6.45, 7) is 7.84. The third-order valence-corrected chi connectivity index (χ3v) is 6.26. The fourth-order valence-electron chi connectivity index (χ4n) is 1.58. The van der Waals surface area contributed by atoms with E-state index in [-0.39, 0.29) is 5.75 Å². The Morgan fingerprint density at radius 3 is 2.56 bits per heavy atom. The van der Waals surface area contributed by atoms with Gasteiger partial charge >= 0.3 is 0 Å². The SMILES string of the molecule is CC(Cc1ccsc1)NCCS(=O)(=O)C(C)(C)C. The maximum atomic E-state index is 11.9. The Kier molecular flexibility index (Phi) is 5.37. The summed E-state index contributed by atoms with van der Waals surface area (Å²) in [6.07, 6.45) is 0.944. The standard InChI is InChI=1S/C13H23NO2S2/c1-11(9-12-5-7-17-10-12)14-6-8-18(15,16)13(2,3)4/h5,7,10-11,14H,6,8-9H2,1-4H3. The van der Waals surface area contributed by atoms with Gasteiger partial charge in [-0.3, -0.25) is 0 Å². The van der Waals surface area contributed by atoms with E-state index >= 15 is 0 Å². The zero-order valence-corrected chi connectivity index (χ0v) is 13.2. The Hall–Kier alpha value is -0.390. The largest absolute Gasteiger partial charge is 0.313 e. The first-order chi connectivity index (χ1) is 8.22. The van der Waals surface area contributed by atoms with Crippen molar-refractivity contribution in [2.45, 2.75) is 44.9 Å². The summed E-state index contributed by atoms with van der Waals surface area (Å²) in [7, 11) is -3.02. The number of thiophene rings is 1. The van der Waals surface area contributed by atoms with Gasteiger partial charge in [-0.25, -0.2) is 8.42 Å². The van der Waals surface area contributed by atoms with Crippen LogP contribution in [0.2, 0.25) is 0 Å². The average molecular weight is 289 g/mol. The molecule has 1 aromatic heterocycles. The summed E-state index contributed by atoms with van der Waals surface area (Å²) in [4.78, 5) is 0. The van der Waals surface area contributed by atoms with Crippen LogP contribution in [0.4, 0.5) is 0 Å². The number of hydrogen-bond acceptors (Lipinski definition) is 4. The quantitative estimate of drug-likeness (QED) is 0.875. The van der Waals surface area contributed by atoms with E-state index in [4.69, 9.17) is 0 Å². The number of rotatable bonds is 6. The molecule has 18 heavy (non-hydrogen) atoms. The molecule has 0 radical (unpaired) electrons. The molecule has 0 aliphatic heterocycles. The molecule has 0 saturated carbocycles. The summed E-state index contributed by atoms with van der Waals surface area (Å²) >= 11 is 1.69. The van der Waals surface area contributed by atoms with E-state index in [0.717, 1.165) is 6.42 Å². The van der Waals surface area contributed by atoms with Crippen LogP contribution in [-0.4, -0.2) is 31.5 Å². The summed E-state index contributed by atoms with van der Waals surface area (Å²) < 4.78 is 23.2. The highest BCUT2D eigenvalue weighted by Crippen LogP contribution is 2.15. The van der Waals surface area contributed by atoms with E-state index in [0.29, 0.717) is 12.6 Å². The molecule has 0 spiro atoms. The normalized spacial score (nSPS) is 14.7. The van der Waals surface area contributed by atoms with Gasteiger partial charge in [0.2, 0.25) is 0 Å². The fraction of sp³-hybridized carbons (Fsp3) is 0.692. The van der Waals surface area contributed by atoms with E-state index in [9.17, 15) is 8.42 Å². The molecule has 5 heteroatoms. The molecule has 0 aromatic carbocycles. The van der Waals surface area contributed by atoms with E-state index in [1.807, 2.05) is 0 Å². The molecule has 0 aliphatic rings. The van der Waals surface area contributed by atoms with Crippen LogP contribution in [0.15, 0.2) is 16.8 Å². The average Bonchev–Trinajstić information content (AvgIpc) is 2.68. The molecule has 0 saturated heterocycles. The molecular formula is C13H23NO2S2. The Morgan fingerprint density at radius 2 is 2.06 bits per heavy atom. The van der Waals surface area contributed by atoms with Gasteiger partial charge in [0.05, 0.1) is 10.5 Å². The molecule has 1 aromatic rings. The van der Waals surface area contributed by atoms with Crippen LogP contribution in [0.5, 0.6) is 0 Å². The predicted molar refractivity (Wildman–Crippen MR) is 79.0 cm³/mol. The van der Waals surface area contributed by atoms with Crippen molar-refractivity contribution in [2.24, 2.45) is 0 Å². The third-order valence-electron chi connectivity index (χ3n) is 2.92. The topological polar surface area (TPSA) is 46.2 Å². The number of sulfone groups is 1. The Balaban J connectivity index is 2.34. The minimum atomic E-state index is -3.02. The zero-order valence-electron chi connectivity index (χ0n) is 11.6. The van der Waals surface area contributed by atoms with Gasteiger partial charge in [-0.1, -0.05) is 0 Å². The van der Waals surface area contributed by atoms with Gasteiger partial charge in [0.15, 0.2) is 9.84 Å². The molecule has 3 nitrogen and oxygen atoms in total. The first-order valence-corrected chi connectivity index (χ1v) is 8.78. The number of nitrogens with one attached hydrogen (secondary N) is 1. The molecule has 0 amide bonds. The van der Waals surface area contributed by atoms with Gasteiger partial charge in [-0.05, 0) is 56.5 Å². The maximum Gasteiger partial charge on any atom is 0.156 e. The van der Waals surface area contributed by atoms with E-state index in [2.05, 4.69) is 29.1 Å². The van der Waals surface area contributed by atoms with Crippen molar-refractivity contribution in [3.05, 3.63) is 22.4 Å². The van der Waals surface area contributed by atoms with Crippen molar-refractivity contribution >= 4 is 21.2 Å². The molecular weight excluding hydrogens is 266 g/mol. The Morgan fingerprint density at radius 1 is 1.39 bits per heavy atom. The summed E-state index contributed by atoms with van der Waals surface area (Å²) in [5.41, 5.74) is 1.30. The summed E-state index contributed by atoms with van der Waals surface area (Å²) in [5, 5.41) is 7.47. The second-order valence-corrected chi connectivity index (χ2v) is 9.26. The molecule has 0 fully saturated rings. The smallest absolute Gasteiger partial charge is 0.156 e. The lowest BCUT2D eigenvalue weighted by atomic mass is 10.1. The van der Waals surface area contributed by atoms with Crippen LogP contribution >= 0.6 is 11.3 Å². The van der Waals surface area contributed by atoms with Gasteiger partial charge in [0.1, 0.15) is 0 Å².